The van der Waals surface area contributed by atoms with E-state index >= 15 is 0 Å². The lowest BCUT2D eigenvalue weighted by atomic mass is 10.0. The maximum absolute atomic E-state index is 11.5. The van der Waals surface area contributed by atoms with Crippen LogP contribution >= 0.6 is 0 Å². The van der Waals surface area contributed by atoms with Crippen LogP contribution in [-0.2, 0) is 8.85 Å². The summed E-state index contributed by atoms with van der Waals surface area (Å²) < 4.78 is 37.3. The second kappa shape index (κ2) is 19.9. The molecule has 2 aromatic rings. The van der Waals surface area contributed by atoms with Crippen molar-refractivity contribution in [2.75, 3.05) is 27.4 Å². The molecule has 0 fully saturated rings. The number of allylic oxidation sites excluding steroid dienone is 4. The van der Waals surface area contributed by atoms with E-state index in [2.05, 4.69) is 53.7 Å². The third kappa shape index (κ3) is 13.6. The van der Waals surface area contributed by atoms with Crippen LogP contribution in [0.2, 0.25) is 0 Å². The first-order chi connectivity index (χ1) is 21.5. The van der Waals surface area contributed by atoms with E-state index in [1.54, 1.807) is 36.4 Å². The number of rotatable bonds is 22. The highest BCUT2D eigenvalue weighted by molar-refractivity contribution is 6.55. The van der Waals surface area contributed by atoms with Crippen molar-refractivity contribution in [1.29, 1.82) is 0 Å². The van der Waals surface area contributed by atoms with Gasteiger partial charge in [-0.3, -0.25) is 9.59 Å². The van der Waals surface area contributed by atoms with E-state index in [9.17, 15) is 9.59 Å². The molecular formula is C36H52O8Si. The monoisotopic (exact) mass is 640 g/mol. The molecule has 0 aliphatic carbocycles. The Hall–Kier alpha value is -3.40. The van der Waals surface area contributed by atoms with Gasteiger partial charge in [0, 0.05) is 24.3 Å². The third-order valence-electron chi connectivity index (χ3n) is 7.32. The molecule has 2 atom stereocenters. The van der Waals surface area contributed by atoms with E-state index in [-0.39, 0.29) is 0 Å². The van der Waals surface area contributed by atoms with Crippen LogP contribution in [0.1, 0.15) is 101 Å². The normalized spacial score (nSPS) is 12.4. The van der Waals surface area contributed by atoms with Gasteiger partial charge in [-0.1, -0.05) is 37.1 Å². The molecule has 9 heteroatoms. The molecule has 0 aromatic heterocycles. The predicted molar refractivity (Wildman–Crippen MR) is 181 cm³/mol. The Labute approximate surface area is 271 Å². The lowest BCUT2D eigenvalue weighted by Crippen LogP contribution is -2.55. The maximum Gasteiger partial charge on any atom is 0.821 e. The lowest BCUT2D eigenvalue weighted by molar-refractivity contribution is 0.0323. The van der Waals surface area contributed by atoms with E-state index in [1.165, 1.54) is 25.4 Å². The zero-order chi connectivity index (χ0) is 33.2. The van der Waals surface area contributed by atoms with Crippen molar-refractivity contribution < 1.29 is 36.8 Å². The lowest BCUT2D eigenvalue weighted by Gasteiger charge is -2.30. The quantitative estimate of drug-likeness (QED) is 0.0717. The fourth-order valence-electron chi connectivity index (χ4n) is 4.51. The Kier molecular flexibility index (Phi) is 16.7. The summed E-state index contributed by atoms with van der Waals surface area (Å²) in [6.07, 6.45) is 11.6. The van der Waals surface area contributed by atoms with Crippen LogP contribution in [0.25, 0.3) is 0 Å². The average molecular weight is 641 g/mol. The fraction of sp³-hybridized carbons (Fsp3) is 0.500. The molecule has 0 aliphatic heterocycles. The molecule has 0 amide bonds. The molecule has 8 nitrogen and oxygen atoms in total. The van der Waals surface area contributed by atoms with Crippen molar-refractivity contribution in [3.05, 3.63) is 70.8 Å². The maximum atomic E-state index is 11.5. The SMILES string of the molecule is COc1cc(C=O)ccc1O[Si](OCCC(C)CCC=C(C)C)(OCCC(C)CCC=C(C)C)Oc1ccc(C=O)cc1OC. The number of carbonyl (C=O) groups excluding carboxylic acids is 2. The summed E-state index contributed by atoms with van der Waals surface area (Å²) >= 11 is 0. The van der Waals surface area contributed by atoms with Crippen molar-refractivity contribution >= 4 is 21.6 Å². The van der Waals surface area contributed by atoms with Crippen LogP contribution in [0.5, 0.6) is 23.0 Å². The van der Waals surface area contributed by atoms with Crippen molar-refractivity contribution in [1.82, 2.24) is 0 Å². The van der Waals surface area contributed by atoms with Gasteiger partial charge >= 0.3 is 9.05 Å². The van der Waals surface area contributed by atoms with Gasteiger partial charge in [0.2, 0.25) is 0 Å². The van der Waals surface area contributed by atoms with Crippen molar-refractivity contribution in [2.45, 2.75) is 80.1 Å². The van der Waals surface area contributed by atoms with Gasteiger partial charge in [0.25, 0.3) is 0 Å². The molecule has 0 aliphatic rings. The van der Waals surface area contributed by atoms with E-state index < -0.39 is 9.05 Å². The number of aldehydes is 2. The number of methoxy groups -OCH3 is 2. The first-order valence-electron chi connectivity index (χ1n) is 15.7. The van der Waals surface area contributed by atoms with Gasteiger partial charge in [0.05, 0.1) is 14.2 Å². The van der Waals surface area contributed by atoms with Gasteiger partial charge in [0.15, 0.2) is 23.0 Å². The van der Waals surface area contributed by atoms with Gasteiger partial charge < -0.3 is 27.2 Å². The molecule has 0 N–H and O–H groups in total. The predicted octanol–water partition coefficient (Wildman–Crippen LogP) is 8.80. The molecule has 0 spiro atoms. The number of hydrogen-bond acceptors (Lipinski definition) is 8. The van der Waals surface area contributed by atoms with Crippen LogP contribution in [-0.4, -0.2) is 49.1 Å². The van der Waals surface area contributed by atoms with Crippen LogP contribution in [0, 0.1) is 11.8 Å². The summed E-state index contributed by atoms with van der Waals surface area (Å²) in [5.74, 6) is 2.13. The first-order valence-corrected chi connectivity index (χ1v) is 17.4. The number of carbonyl (C=O) groups is 2. The second-order valence-corrected chi connectivity index (χ2v) is 13.9. The molecule has 0 saturated heterocycles. The van der Waals surface area contributed by atoms with Crippen LogP contribution < -0.4 is 18.3 Å². The van der Waals surface area contributed by atoms with Crippen LogP contribution in [0.4, 0.5) is 0 Å². The summed E-state index contributed by atoms with van der Waals surface area (Å²) in [5, 5.41) is 0. The molecule has 0 heterocycles. The van der Waals surface area contributed by atoms with Crippen molar-refractivity contribution in [3.8, 4) is 23.0 Å². The zero-order valence-corrected chi connectivity index (χ0v) is 29.4. The Balaban J connectivity index is 2.45. The minimum atomic E-state index is -4.02. The summed E-state index contributed by atoms with van der Waals surface area (Å²) in [4.78, 5) is 22.9. The highest BCUT2D eigenvalue weighted by Gasteiger charge is 2.53. The largest absolute Gasteiger partial charge is 0.821 e. The molecule has 45 heavy (non-hydrogen) atoms. The summed E-state index contributed by atoms with van der Waals surface area (Å²) in [6, 6.07) is 9.77. The van der Waals surface area contributed by atoms with E-state index in [0.29, 0.717) is 59.2 Å². The molecule has 0 bridgehead atoms. The molecule has 2 aromatic carbocycles. The summed E-state index contributed by atoms with van der Waals surface area (Å²) in [7, 11) is -1.01. The minimum absolute atomic E-state index is 0.325. The molecule has 0 radical (unpaired) electrons. The molecule has 248 valence electrons. The van der Waals surface area contributed by atoms with E-state index in [0.717, 1.165) is 51.1 Å². The van der Waals surface area contributed by atoms with Crippen molar-refractivity contribution in [2.24, 2.45) is 11.8 Å². The third-order valence-corrected chi connectivity index (χ3v) is 9.38. The topological polar surface area (TPSA) is 89.5 Å². The first kappa shape index (κ1) is 37.8. The number of ether oxygens (including phenoxy) is 2. The summed E-state index contributed by atoms with van der Waals surface area (Å²) in [6.45, 7) is 13.5. The van der Waals surface area contributed by atoms with Gasteiger partial charge in [-0.25, -0.2) is 0 Å². The molecule has 2 rings (SSSR count). The van der Waals surface area contributed by atoms with Gasteiger partial charge in [-0.05, 0) is 114 Å². The van der Waals surface area contributed by atoms with E-state index in [1.807, 2.05) is 0 Å². The zero-order valence-electron chi connectivity index (χ0n) is 28.4. The molecule has 2 unspecified atom stereocenters. The fourth-order valence-corrected chi connectivity index (χ4v) is 6.48. The van der Waals surface area contributed by atoms with Crippen molar-refractivity contribution in [3.63, 3.8) is 0 Å². The standard InChI is InChI=1S/C36H52O8Si/c1-27(2)11-9-13-29(5)19-21-41-45(42-22-20-30(6)14-10-12-28(3)4,43-33-17-15-31(25-37)23-35(33)39-7)44-34-18-16-32(26-38)24-36(34)40-8/h11-12,15-18,23-26,29-30H,9-10,13-14,19-22H2,1-8H3. The Bertz CT molecular complexity index is 1170. The number of benzene rings is 2. The highest BCUT2D eigenvalue weighted by atomic mass is 28.4. The van der Waals surface area contributed by atoms with Gasteiger partial charge in [0.1, 0.15) is 12.6 Å². The van der Waals surface area contributed by atoms with Gasteiger partial charge in [-0.2, -0.15) is 0 Å². The minimum Gasteiger partial charge on any atom is -0.493 e. The van der Waals surface area contributed by atoms with E-state index in [4.69, 9.17) is 27.2 Å². The van der Waals surface area contributed by atoms with Crippen LogP contribution in [0.3, 0.4) is 0 Å². The Morgan fingerprint density at radius 2 is 1.04 bits per heavy atom. The Morgan fingerprint density at radius 1 is 0.644 bits per heavy atom. The van der Waals surface area contributed by atoms with Crippen LogP contribution in [0.15, 0.2) is 59.7 Å². The molecule has 0 saturated carbocycles. The second-order valence-electron chi connectivity index (χ2n) is 12.0. The smallest absolute Gasteiger partial charge is 0.493 e. The highest BCUT2D eigenvalue weighted by Crippen LogP contribution is 2.35. The number of hydrogen-bond donors (Lipinski definition) is 0. The van der Waals surface area contributed by atoms with Gasteiger partial charge in [-0.15, -0.1) is 0 Å². The average Bonchev–Trinajstić information content (AvgIpc) is 3.01. The Morgan fingerprint density at radius 3 is 1.38 bits per heavy atom. The summed E-state index contributed by atoms with van der Waals surface area (Å²) in [5.41, 5.74) is 3.49. The molecular weight excluding hydrogens is 588 g/mol.